The number of hydrogen-bond donors (Lipinski definition) is 1. The van der Waals surface area contributed by atoms with Crippen LogP contribution >= 0.6 is 24.0 Å². The Balaban J connectivity index is 1.92. The molecular formula is C15H10N2O2S2. The second kappa shape index (κ2) is 5.67. The maximum Gasteiger partial charge on any atom is 0.270 e. The maximum absolute atomic E-state index is 12.5. The van der Waals surface area contributed by atoms with E-state index >= 15 is 0 Å². The average molecular weight is 314 g/mol. The molecule has 1 aliphatic rings. The lowest BCUT2D eigenvalue weighted by atomic mass is 10.2. The number of aromatic hydroxyl groups is 1. The molecule has 0 bridgehead atoms. The molecule has 6 heteroatoms. The number of thioether (sulfide) groups is 1. The van der Waals surface area contributed by atoms with E-state index in [-0.39, 0.29) is 11.7 Å². The summed E-state index contributed by atoms with van der Waals surface area (Å²) in [5, 5.41) is 9.32. The highest BCUT2D eigenvalue weighted by Gasteiger charge is 2.33. The third kappa shape index (κ3) is 2.81. The number of thiocarbonyl (C=S) groups is 1. The molecular weight excluding hydrogens is 304 g/mol. The van der Waals surface area contributed by atoms with E-state index in [0.717, 1.165) is 5.56 Å². The monoisotopic (exact) mass is 314 g/mol. The Morgan fingerprint density at radius 3 is 2.67 bits per heavy atom. The van der Waals surface area contributed by atoms with Gasteiger partial charge in [0.25, 0.3) is 5.91 Å². The van der Waals surface area contributed by atoms with Crippen molar-refractivity contribution in [1.29, 1.82) is 0 Å². The molecule has 0 aliphatic carbocycles. The van der Waals surface area contributed by atoms with Gasteiger partial charge in [0.05, 0.1) is 10.6 Å². The summed E-state index contributed by atoms with van der Waals surface area (Å²) < 4.78 is 0.473. The van der Waals surface area contributed by atoms with Gasteiger partial charge in [0.1, 0.15) is 5.75 Å². The van der Waals surface area contributed by atoms with Crippen molar-refractivity contribution in [2.24, 2.45) is 0 Å². The molecule has 1 aromatic heterocycles. The Morgan fingerprint density at radius 1 is 1.24 bits per heavy atom. The van der Waals surface area contributed by atoms with Gasteiger partial charge in [-0.3, -0.25) is 14.7 Å². The molecule has 1 fully saturated rings. The number of rotatable bonds is 2. The number of pyridine rings is 1. The summed E-state index contributed by atoms with van der Waals surface area (Å²) in [5.74, 6) is -0.0189. The van der Waals surface area contributed by atoms with E-state index in [1.807, 2.05) is 12.1 Å². The van der Waals surface area contributed by atoms with Crippen molar-refractivity contribution in [2.45, 2.75) is 0 Å². The van der Waals surface area contributed by atoms with E-state index in [1.165, 1.54) is 28.8 Å². The fourth-order valence-corrected chi connectivity index (χ4v) is 3.20. The number of nitrogens with zero attached hydrogens (tertiary/aromatic N) is 2. The molecule has 1 saturated heterocycles. The summed E-state index contributed by atoms with van der Waals surface area (Å²) in [6, 6.07) is 10.1. The van der Waals surface area contributed by atoms with Crippen LogP contribution in [0.5, 0.6) is 5.75 Å². The van der Waals surface area contributed by atoms with Crippen LogP contribution in [-0.4, -0.2) is 20.3 Å². The van der Waals surface area contributed by atoms with Gasteiger partial charge < -0.3 is 5.11 Å². The number of phenols is 1. The molecule has 21 heavy (non-hydrogen) atoms. The van der Waals surface area contributed by atoms with Crippen LogP contribution in [0.2, 0.25) is 0 Å². The van der Waals surface area contributed by atoms with E-state index < -0.39 is 0 Å². The van der Waals surface area contributed by atoms with Crippen LogP contribution in [0, 0.1) is 0 Å². The fraction of sp³-hybridized carbons (Fsp3) is 0. The number of anilines is 1. The van der Waals surface area contributed by atoms with Crippen molar-refractivity contribution in [1.82, 2.24) is 4.98 Å². The smallest absolute Gasteiger partial charge is 0.270 e. The normalized spacial score (nSPS) is 16.8. The first-order valence-electron chi connectivity index (χ1n) is 6.12. The summed E-state index contributed by atoms with van der Waals surface area (Å²) in [6.07, 6.45) is 5.14. The SMILES string of the molecule is O=C1/C(=C/c2cccnc2)SC(=S)N1c1ccc(O)cc1. The van der Waals surface area contributed by atoms with Gasteiger partial charge in [0.15, 0.2) is 4.32 Å². The Labute approximate surface area is 131 Å². The number of carbonyl (C=O) groups is 1. The number of benzene rings is 1. The molecule has 2 heterocycles. The van der Waals surface area contributed by atoms with Gasteiger partial charge in [-0.05, 0) is 42.0 Å². The highest BCUT2D eigenvalue weighted by atomic mass is 32.2. The molecule has 1 aliphatic heterocycles. The summed E-state index contributed by atoms with van der Waals surface area (Å²) >= 11 is 6.53. The summed E-state index contributed by atoms with van der Waals surface area (Å²) in [5.41, 5.74) is 1.49. The summed E-state index contributed by atoms with van der Waals surface area (Å²) in [6.45, 7) is 0. The van der Waals surface area contributed by atoms with Crippen molar-refractivity contribution in [3.8, 4) is 5.75 Å². The third-order valence-corrected chi connectivity index (χ3v) is 4.19. The fourth-order valence-electron chi connectivity index (χ4n) is 1.90. The largest absolute Gasteiger partial charge is 0.508 e. The second-order valence-electron chi connectivity index (χ2n) is 4.32. The van der Waals surface area contributed by atoms with Crippen molar-refractivity contribution < 1.29 is 9.90 Å². The van der Waals surface area contributed by atoms with Crippen LogP contribution in [0.3, 0.4) is 0 Å². The highest BCUT2D eigenvalue weighted by Crippen LogP contribution is 2.36. The Hall–Kier alpha value is -2.18. The molecule has 1 N–H and O–H groups in total. The molecule has 1 aromatic carbocycles. The average Bonchev–Trinajstić information content (AvgIpc) is 2.76. The van der Waals surface area contributed by atoms with Gasteiger partial charge in [-0.15, -0.1) is 0 Å². The standard InChI is InChI=1S/C15H10N2O2S2/c18-12-5-3-11(4-6-12)17-14(19)13(21-15(17)20)8-10-2-1-7-16-9-10/h1-9,18H/b13-8-. The second-order valence-corrected chi connectivity index (χ2v) is 6.00. The minimum absolute atomic E-state index is 0.148. The molecule has 2 aromatic rings. The first-order valence-corrected chi connectivity index (χ1v) is 7.34. The molecule has 0 saturated carbocycles. The number of carbonyl (C=O) groups excluding carboxylic acids is 1. The number of amides is 1. The lowest BCUT2D eigenvalue weighted by Crippen LogP contribution is -2.27. The predicted octanol–water partition coefficient (Wildman–Crippen LogP) is 3.19. The zero-order valence-electron chi connectivity index (χ0n) is 10.8. The van der Waals surface area contributed by atoms with E-state index in [4.69, 9.17) is 12.2 Å². The Kier molecular flexibility index (Phi) is 3.72. The molecule has 3 rings (SSSR count). The van der Waals surface area contributed by atoms with Gasteiger partial charge in [-0.2, -0.15) is 0 Å². The van der Waals surface area contributed by atoms with Crippen molar-refractivity contribution >= 4 is 46.0 Å². The van der Waals surface area contributed by atoms with Crippen LogP contribution in [0.1, 0.15) is 5.56 Å². The maximum atomic E-state index is 12.5. The van der Waals surface area contributed by atoms with Gasteiger partial charge in [-0.25, -0.2) is 0 Å². The number of aromatic nitrogens is 1. The molecule has 4 nitrogen and oxygen atoms in total. The van der Waals surface area contributed by atoms with Crippen molar-refractivity contribution in [3.05, 3.63) is 59.3 Å². The van der Waals surface area contributed by atoms with Gasteiger partial charge in [0.2, 0.25) is 0 Å². The topological polar surface area (TPSA) is 53.4 Å². The van der Waals surface area contributed by atoms with E-state index in [0.29, 0.717) is 14.9 Å². The van der Waals surface area contributed by atoms with Crippen LogP contribution in [-0.2, 0) is 4.79 Å². The Morgan fingerprint density at radius 2 is 2.00 bits per heavy atom. The summed E-state index contributed by atoms with van der Waals surface area (Å²) in [4.78, 5) is 18.5. The molecule has 0 unspecified atom stereocenters. The van der Waals surface area contributed by atoms with E-state index in [1.54, 1.807) is 30.6 Å². The molecule has 104 valence electrons. The first kappa shape index (κ1) is 13.8. The quantitative estimate of drug-likeness (QED) is 0.681. The third-order valence-electron chi connectivity index (χ3n) is 2.88. The zero-order chi connectivity index (χ0) is 14.8. The van der Waals surface area contributed by atoms with Crippen LogP contribution in [0.15, 0.2) is 53.7 Å². The van der Waals surface area contributed by atoms with E-state index in [9.17, 15) is 9.90 Å². The predicted molar refractivity (Wildman–Crippen MR) is 88.0 cm³/mol. The molecule has 0 radical (unpaired) electrons. The van der Waals surface area contributed by atoms with Crippen molar-refractivity contribution in [3.63, 3.8) is 0 Å². The Bertz CT molecular complexity index is 727. The lowest BCUT2D eigenvalue weighted by molar-refractivity contribution is -0.113. The van der Waals surface area contributed by atoms with Crippen LogP contribution in [0.25, 0.3) is 6.08 Å². The lowest BCUT2D eigenvalue weighted by Gasteiger charge is -2.14. The van der Waals surface area contributed by atoms with Crippen LogP contribution in [0.4, 0.5) is 5.69 Å². The zero-order valence-corrected chi connectivity index (χ0v) is 12.4. The minimum atomic E-state index is -0.167. The van der Waals surface area contributed by atoms with Crippen LogP contribution < -0.4 is 4.90 Å². The number of hydrogen-bond acceptors (Lipinski definition) is 5. The first-order chi connectivity index (χ1) is 10.1. The van der Waals surface area contributed by atoms with Gasteiger partial charge in [-0.1, -0.05) is 30.0 Å². The number of phenolic OH excluding ortho intramolecular Hbond substituents is 1. The van der Waals surface area contributed by atoms with E-state index in [2.05, 4.69) is 4.98 Å². The highest BCUT2D eigenvalue weighted by molar-refractivity contribution is 8.27. The van der Waals surface area contributed by atoms with Crippen molar-refractivity contribution in [2.75, 3.05) is 4.90 Å². The van der Waals surface area contributed by atoms with Gasteiger partial charge in [0, 0.05) is 12.4 Å². The summed E-state index contributed by atoms with van der Waals surface area (Å²) in [7, 11) is 0. The molecule has 1 amide bonds. The van der Waals surface area contributed by atoms with Gasteiger partial charge >= 0.3 is 0 Å². The minimum Gasteiger partial charge on any atom is -0.508 e. The molecule has 0 spiro atoms. The molecule has 0 atom stereocenters.